The van der Waals surface area contributed by atoms with Gasteiger partial charge in [0.05, 0.1) is 31.7 Å². The molecule has 3 amide bonds. The number of rotatable bonds is 7. The number of ether oxygens (including phenoxy) is 2. The van der Waals surface area contributed by atoms with E-state index in [-0.39, 0.29) is 42.5 Å². The van der Waals surface area contributed by atoms with Crippen molar-refractivity contribution in [2.24, 2.45) is 11.8 Å². The lowest BCUT2D eigenvalue weighted by atomic mass is 9.85. The maximum Gasteiger partial charge on any atom is 0.233 e. The van der Waals surface area contributed by atoms with Crippen LogP contribution in [0.4, 0.5) is 5.69 Å². The highest BCUT2D eigenvalue weighted by Gasteiger charge is 2.46. The molecule has 7 heteroatoms. The summed E-state index contributed by atoms with van der Waals surface area (Å²) in [6, 6.07) is 5.14. The van der Waals surface area contributed by atoms with Crippen LogP contribution in [-0.4, -0.2) is 43.4 Å². The van der Waals surface area contributed by atoms with Gasteiger partial charge < -0.3 is 14.8 Å². The van der Waals surface area contributed by atoms with Crippen LogP contribution in [0, 0.1) is 11.8 Å². The zero-order valence-electron chi connectivity index (χ0n) is 15.6. The maximum absolute atomic E-state index is 12.4. The first-order valence-corrected chi connectivity index (χ1v) is 9.07. The molecular weight excluding hydrogens is 348 g/mol. The molecule has 0 aromatic heterocycles. The van der Waals surface area contributed by atoms with E-state index in [1.165, 1.54) is 12.0 Å². The molecule has 0 spiro atoms. The van der Waals surface area contributed by atoms with Gasteiger partial charge in [-0.05, 0) is 31.4 Å². The molecule has 1 fully saturated rings. The number of carbonyl (C=O) groups excluding carboxylic acids is 3. The van der Waals surface area contributed by atoms with Crippen LogP contribution >= 0.6 is 0 Å². The highest BCUT2D eigenvalue weighted by Crippen LogP contribution is 2.35. The van der Waals surface area contributed by atoms with Crippen LogP contribution in [0.2, 0.25) is 0 Å². The van der Waals surface area contributed by atoms with E-state index in [1.54, 1.807) is 25.3 Å². The van der Waals surface area contributed by atoms with Gasteiger partial charge in [-0.3, -0.25) is 19.3 Å². The van der Waals surface area contributed by atoms with Crippen LogP contribution in [0.3, 0.4) is 0 Å². The van der Waals surface area contributed by atoms with E-state index >= 15 is 0 Å². The molecule has 1 heterocycles. The number of hydrogen-bond donors (Lipinski definition) is 1. The lowest BCUT2D eigenvalue weighted by molar-refractivity contribution is -0.140. The molecule has 0 bridgehead atoms. The number of carbonyl (C=O) groups is 3. The molecular formula is C20H24N2O5. The Morgan fingerprint density at radius 2 is 1.78 bits per heavy atom. The van der Waals surface area contributed by atoms with E-state index in [1.807, 2.05) is 12.2 Å². The first kappa shape index (κ1) is 18.9. The summed E-state index contributed by atoms with van der Waals surface area (Å²) < 4.78 is 10.4. The lowest BCUT2D eigenvalue weighted by Gasteiger charge is -2.15. The molecule has 144 valence electrons. The lowest BCUT2D eigenvalue weighted by Crippen LogP contribution is -2.32. The zero-order chi connectivity index (χ0) is 19.4. The molecule has 7 nitrogen and oxygen atoms in total. The summed E-state index contributed by atoms with van der Waals surface area (Å²) in [4.78, 5) is 38.4. The van der Waals surface area contributed by atoms with E-state index in [9.17, 15) is 14.4 Å². The fourth-order valence-corrected chi connectivity index (χ4v) is 3.61. The van der Waals surface area contributed by atoms with Crippen molar-refractivity contribution >= 4 is 23.4 Å². The van der Waals surface area contributed by atoms with Gasteiger partial charge in [-0.2, -0.15) is 0 Å². The second-order valence-corrected chi connectivity index (χ2v) is 6.70. The van der Waals surface area contributed by atoms with Crippen molar-refractivity contribution in [1.29, 1.82) is 0 Å². The quantitative estimate of drug-likeness (QED) is 0.587. The highest BCUT2D eigenvalue weighted by molar-refractivity contribution is 6.05. The van der Waals surface area contributed by atoms with Gasteiger partial charge >= 0.3 is 0 Å². The first-order valence-electron chi connectivity index (χ1n) is 9.07. The molecule has 1 aromatic rings. The van der Waals surface area contributed by atoms with Gasteiger partial charge in [0, 0.05) is 19.0 Å². The van der Waals surface area contributed by atoms with Gasteiger partial charge in [-0.25, -0.2) is 0 Å². The number of benzene rings is 1. The molecule has 1 aliphatic carbocycles. The van der Waals surface area contributed by atoms with Gasteiger partial charge in [-0.15, -0.1) is 0 Å². The maximum atomic E-state index is 12.4. The number of methoxy groups -OCH3 is 2. The molecule has 27 heavy (non-hydrogen) atoms. The minimum absolute atomic E-state index is 0.107. The predicted octanol–water partition coefficient (Wildman–Crippen LogP) is 2.37. The first-order chi connectivity index (χ1) is 13.0. The molecule has 2 aliphatic rings. The molecule has 2 atom stereocenters. The van der Waals surface area contributed by atoms with E-state index in [0.29, 0.717) is 36.4 Å². The minimum atomic E-state index is -0.225. The molecule has 3 rings (SSSR count). The number of fused-ring (bicyclic) bond motifs is 1. The van der Waals surface area contributed by atoms with Crippen molar-refractivity contribution in [3.05, 3.63) is 30.4 Å². The van der Waals surface area contributed by atoms with Crippen LogP contribution in [0.15, 0.2) is 30.4 Å². The van der Waals surface area contributed by atoms with E-state index in [2.05, 4.69) is 5.32 Å². The van der Waals surface area contributed by atoms with Crippen molar-refractivity contribution < 1.29 is 23.9 Å². The normalized spacial score (nSPS) is 21.2. The second-order valence-electron chi connectivity index (χ2n) is 6.70. The zero-order valence-corrected chi connectivity index (χ0v) is 15.6. The Bertz CT molecular complexity index is 748. The Kier molecular flexibility index (Phi) is 5.78. The fourth-order valence-electron chi connectivity index (χ4n) is 3.61. The number of nitrogens with zero attached hydrogens (tertiary/aromatic N) is 1. The highest BCUT2D eigenvalue weighted by atomic mass is 16.5. The van der Waals surface area contributed by atoms with Crippen LogP contribution in [0.1, 0.15) is 25.7 Å². The van der Waals surface area contributed by atoms with Crippen molar-refractivity contribution in [3.8, 4) is 11.5 Å². The molecule has 1 aromatic carbocycles. The number of imide groups is 1. The van der Waals surface area contributed by atoms with Crippen LogP contribution in [0.5, 0.6) is 11.5 Å². The number of allylic oxidation sites excluding steroid dienone is 2. The van der Waals surface area contributed by atoms with Crippen LogP contribution < -0.4 is 14.8 Å². The SMILES string of the molecule is COc1ccc(OC)c(NC(=O)CCCN2C(=O)[C@H]3CC=CC[C@@H]3C2=O)c1. The van der Waals surface area contributed by atoms with Gasteiger partial charge in [0.1, 0.15) is 11.5 Å². The Hall–Kier alpha value is -2.83. The summed E-state index contributed by atoms with van der Waals surface area (Å²) in [6.45, 7) is 0.271. The van der Waals surface area contributed by atoms with Crippen molar-refractivity contribution in [2.45, 2.75) is 25.7 Å². The third kappa shape index (κ3) is 3.97. The topological polar surface area (TPSA) is 84.9 Å². The van der Waals surface area contributed by atoms with Gasteiger partial charge in [-0.1, -0.05) is 12.2 Å². The predicted molar refractivity (Wildman–Crippen MR) is 99.5 cm³/mol. The van der Waals surface area contributed by atoms with Crippen LogP contribution in [-0.2, 0) is 14.4 Å². The largest absolute Gasteiger partial charge is 0.497 e. The summed E-state index contributed by atoms with van der Waals surface area (Å²) in [5.41, 5.74) is 0.521. The molecule has 1 aliphatic heterocycles. The molecule has 1 saturated heterocycles. The Morgan fingerprint density at radius 3 is 2.37 bits per heavy atom. The number of anilines is 1. The van der Waals surface area contributed by atoms with Crippen molar-refractivity contribution in [3.63, 3.8) is 0 Å². The summed E-state index contributed by atoms with van der Waals surface area (Å²) in [5, 5.41) is 2.79. The molecule has 0 radical (unpaired) electrons. The number of hydrogen-bond acceptors (Lipinski definition) is 5. The average molecular weight is 372 g/mol. The van der Waals surface area contributed by atoms with E-state index in [0.717, 1.165) is 0 Å². The van der Waals surface area contributed by atoms with Crippen LogP contribution in [0.25, 0.3) is 0 Å². The summed E-state index contributed by atoms with van der Waals surface area (Å²) in [7, 11) is 3.07. The molecule has 0 unspecified atom stereocenters. The second kappa shape index (κ2) is 8.24. The summed E-state index contributed by atoms with van der Waals surface area (Å²) >= 11 is 0. The van der Waals surface area contributed by atoms with Crippen molar-refractivity contribution in [2.75, 3.05) is 26.1 Å². The Morgan fingerprint density at radius 1 is 1.11 bits per heavy atom. The number of likely N-dealkylation sites (tertiary alicyclic amines) is 1. The molecule has 0 saturated carbocycles. The summed E-state index contributed by atoms with van der Waals surface area (Å²) in [6.07, 6.45) is 5.80. The van der Waals surface area contributed by atoms with E-state index < -0.39 is 0 Å². The Balaban J connectivity index is 1.53. The van der Waals surface area contributed by atoms with Gasteiger partial charge in [0.15, 0.2) is 0 Å². The smallest absolute Gasteiger partial charge is 0.233 e. The van der Waals surface area contributed by atoms with Gasteiger partial charge in [0.25, 0.3) is 0 Å². The van der Waals surface area contributed by atoms with Gasteiger partial charge in [0.2, 0.25) is 17.7 Å². The van der Waals surface area contributed by atoms with E-state index in [4.69, 9.17) is 9.47 Å². The Labute approximate surface area is 158 Å². The minimum Gasteiger partial charge on any atom is -0.497 e. The average Bonchev–Trinajstić information content (AvgIpc) is 2.93. The summed E-state index contributed by atoms with van der Waals surface area (Å²) in [5.74, 6) is 0.268. The standard InChI is InChI=1S/C20H24N2O5/c1-26-13-9-10-17(27-2)16(12-13)21-18(23)8-5-11-22-19(24)14-6-3-4-7-15(14)20(22)25/h3-4,9-10,12,14-15H,5-8,11H2,1-2H3,(H,21,23)/t14-,15-/m0/s1. The third-order valence-corrected chi connectivity index (χ3v) is 5.07. The molecule has 1 N–H and O–H groups in total. The fraction of sp³-hybridized carbons (Fsp3) is 0.450. The monoisotopic (exact) mass is 372 g/mol. The third-order valence-electron chi connectivity index (χ3n) is 5.07. The number of nitrogens with one attached hydrogen (secondary N) is 1. The van der Waals surface area contributed by atoms with Crippen molar-refractivity contribution in [1.82, 2.24) is 4.90 Å². The number of amides is 3.